The van der Waals surface area contributed by atoms with Crippen molar-refractivity contribution in [2.75, 3.05) is 32.7 Å². The molecule has 0 radical (unpaired) electrons. The van der Waals surface area contributed by atoms with Gasteiger partial charge in [0, 0.05) is 38.4 Å². The molecule has 4 heterocycles. The molecule has 3 aliphatic heterocycles. The van der Waals surface area contributed by atoms with Crippen LogP contribution in [0.5, 0.6) is 0 Å². The summed E-state index contributed by atoms with van der Waals surface area (Å²) in [5.41, 5.74) is 1.07. The molecule has 5 heteroatoms. The van der Waals surface area contributed by atoms with Crippen molar-refractivity contribution >= 4 is 11.6 Å². The predicted molar refractivity (Wildman–Crippen MR) is 76.3 cm³/mol. The first-order valence-corrected chi connectivity index (χ1v) is 7.49. The Morgan fingerprint density at radius 3 is 2.58 bits per heavy atom. The number of hydrogen-bond donors (Lipinski definition) is 0. The van der Waals surface area contributed by atoms with Crippen LogP contribution in [0, 0.1) is 5.92 Å². The molecule has 3 saturated heterocycles. The molecule has 2 bridgehead atoms. The van der Waals surface area contributed by atoms with Crippen LogP contribution in [0.15, 0.2) is 6.07 Å². The smallest absolute Gasteiger partial charge is 0.148 e. The van der Waals surface area contributed by atoms with E-state index in [4.69, 9.17) is 16.6 Å². The molecule has 0 N–H and O–H groups in total. The molecule has 1 unspecified atom stereocenters. The van der Waals surface area contributed by atoms with E-state index in [1.165, 1.54) is 13.1 Å². The zero-order chi connectivity index (χ0) is 13.4. The molecule has 0 spiro atoms. The molecule has 0 aromatic carbocycles. The van der Waals surface area contributed by atoms with E-state index in [-0.39, 0.29) is 0 Å². The lowest BCUT2D eigenvalue weighted by atomic mass is 10.1. The largest absolute Gasteiger partial charge is 0.299 e. The lowest BCUT2D eigenvalue weighted by molar-refractivity contribution is 0.00855. The van der Waals surface area contributed by atoms with Crippen molar-refractivity contribution in [3.8, 4) is 0 Å². The van der Waals surface area contributed by atoms with Crippen molar-refractivity contribution in [3.05, 3.63) is 22.7 Å². The first-order chi connectivity index (χ1) is 9.11. The first-order valence-electron chi connectivity index (χ1n) is 7.11. The van der Waals surface area contributed by atoms with Crippen molar-refractivity contribution in [1.29, 1.82) is 0 Å². The zero-order valence-corrected chi connectivity index (χ0v) is 12.4. The van der Waals surface area contributed by atoms with Gasteiger partial charge in [-0.1, -0.05) is 25.4 Å². The quantitative estimate of drug-likeness (QED) is 0.793. The summed E-state index contributed by atoms with van der Waals surface area (Å²) in [6, 6.07) is 2.23. The average molecular weight is 281 g/mol. The van der Waals surface area contributed by atoms with Gasteiger partial charge in [0.25, 0.3) is 0 Å². The fraction of sp³-hybridized carbons (Fsp3) is 0.714. The molecule has 3 aliphatic rings. The van der Waals surface area contributed by atoms with E-state index in [1.807, 2.05) is 6.07 Å². The fourth-order valence-electron chi connectivity index (χ4n) is 3.02. The molecule has 19 heavy (non-hydrogen) atoms. The topological polar surface area (TPSA) is 32.3 Å². The second-order valence-corrected chi connectivity index (χ2v) is 6.38. The molecule has 1 aromatic heterocycles. The van der Waals surface area contributed by atoms with Crippen LogP contribution >= 0.6 is 11.6 Å². The van der Waals surface area contributed by atoms with E-state index < -0.39 is 0 Å². The van der Waals surface area contributed by atoms with E-state index in [0.29, 0.717) is 17.1 Å². The van der Waals surface area contributed by atoms with Gasteiger partial charge < -0.3 is 0 Å². The number of rotatable bonds is 3. The molecule has 1 aromatic rings. The van der Waals surface area contributed by atoms with Gasteiger partial charge in [0.1, 0.15) is 11.0 Å². The van der Waals surface area contributed by atoms with E-state index in [1.54, 1.807) is 0 Å². The maximum absolute atomic E-state index is 6.17. The van der Waals surface area contributed by atoms with E-state index >= 15 is 0 Å². The molecule has 1 atom stereocenters. The first kappa shape index (κ1) is 13.3. The Morgan fingerprint density at radius 2 is 2.00 bits per heavy atom. The minimum atomic E-state index is 0.326. The molecule has 4 nitrogen and oxygen atoms in total. The number of aromatic nitrogens is 2. The van der Waals surface area contributed by atoms with Gasteiger partial charge in [-0.25, -0.2) is 9.97 Å². The summed E-state index contributed by atoms with van der Waals surface area (Å²) in [5, 5.41) is 0.582. The van der Waals surface area contributed by atoms with Crippen molar-refractivity contribution < 1.29 is 0 Å². The molecular weight excluding hydrogens is 260 g/mol. The molecule has 3 fully saturated rings. The van der Waals surface area contributed by atoms with Gasteiger partial charge in [0.2, 0.25) is 0 Å². The Hall–Kier alpha value is -0.710. The standard InChI is InChI=1S/C14H21ClN4/c1-10(2)7-11-8-13(15)17-14(16-11)12-9-18-3-5-19(12)6-4-18/h8,10,12H,3-7,9H2,1-2H3. The van der Waals surface area contributed by atoms with Crippen LogP contribution in [0.25, 0.3) is 0 Å². The summed E-state index contributed by atoms with van der Waals surface area (Å²) >= 11 is 6.17. The summed E-state index contributed by atoms with van der Waals surface area (Å²) in [7, 11) is 0. The van der Waals surface area contributed by atoms with Gasteiger partial charge in [0.15, 0.2) is 0 Å². The van der Waals surface area contributed by atoms with Gasteiger partial charge in [0.05, 0.1) is 6.04 Å². The number of nitrogens with zero attached hydrogens (tertiary/aromatic N) is 4. The molecule has 0 saturated carbocycles. The lowest BCUT2D eigenvalue weighted by Crippen LogP contribution is -2.57. The molecular formula is C14H21ClN4. The highest BCUT2D eigenvalue weighted by Crippen LogP contribution is 2.27. The third-order valence-corrected chi connectivity index (χ3v) is 4.15. The van der Waals surface area contributed by atoms with Gasteiger partial charge >= 0.3 is 0 Å². The van der Waals surface area contributed by atoms with Crippen molar-refractivity contribution in [3.63, 3.8) is 0 Å². The van der Waals surface area contributed by atoms with Crippen molar-refractivity contribution in [2.24, 2.45) is 5.92 Å². The molecule has 4 rings (SSSR count). The summed E-state index contributed by atoms with van der Waals surface area (Å²) in [4.78, 5) is 14.2. The Bertz CT molecular complexity index is 455. The van der Waals surface area contributed by atoms with Gasteiger partial charge in [-0.2, -0.15) is 0 Å². The minimum Gasteiger partial charge on any atom is -0.299 e. The number of fused-ring (bicyclic) bond motifs is 3. The molecule has 0 aliphatic carbocycles. The zero-order valence-electron chi connectivity index (χ0n) is 11.6. The van der Waals surface area contributed by atoms with E-state index in [0.717, 1.165) is 37.6 Å². The monoisotopic (exact) mass is 280 g/mol. The fourth-order valence-corrected chi connectivity index (χ4v) is 3.23. The van der Waals surface area contributed by atoms with Gasteiger partial charge in [-0.3, -0.25) is 9.80 Å². The lowest BCUT2D eigenvalue weighted by Gasteiger charge is -2.46. The van der Waals surface area contributed by atoms with Crippen LogP contribution < -0.4 is 0 Å². The molecule has 104 valence electrons. The predicted octanol–water partition coefficient (Wildman–Crippen LogP) is 2.00. The Morgan fingerprint density at radius 1 is 1.26 bits per heavy atom. The average Bonchev–Trinajstić information content (AvgIpc) is 2.38. The highest BCUT2D eigenvalue weighted by atomic mass is 35.5. The van der Waals surface area contributed by atoms with E-state index in [2.05, 4.69) is 28.6 Å². The number of halogens is 1. The van der Waals surface area contributed by atoms with Crippen LogP contribution in [-0.4, -0.2) is 52.5 Å². The minimum absolute atomic E-state index is 0.326. The van der Waals surface area contributed by atoms with Crippen LogP contribution in [0.1, 0.15) is 31.4 Å². The number of piperazine rings is 3. The summed E-state index contributed by atoms with van der Waals surface area (Å²) in [6.45, 7) is 10.0. The SMILES string of the molecule is CC(C)Cc1cc(Cl)nc(C2CN3CCN2CC3)n1. The van der Waals surface area contributed by atoms with Crippen LogP contribution in [0.2, 0.25) is 5.15 Å². The third kappa shape index (κ3) is 2.91. The highest BCUT2D eigenvalue weighted by molar-refractivity contribution is 6.29. The molecule has 0 amide bonds. The second-order valence-electron chi connectivity index (χ2n) is 5.99. The Balaban J connectivity index is 1.85. The van der Waals surface area contributed by atoms with Gasteiger partial charge in [-0.15, -0.1) is 0 Å². The normalized spacial score (nSPS) is 30.0. The van der Waals surface area contributed by atoms with Crippen LogP contribution in [0.3, 0.4) is 0 Å². The summed E-state index contributed by atoms with van der Waals surface area (Å²) in [5.74, 6) is 1.50. The van der Waals surface area contributed by atoms with Gasteiger partial charge in [-0.05, 0) is 18.4 Å². The van der Waals surface area contributed by atoms with Crippen LogP contribution in [0.4, 0.5) is 0 Å². The highest BCUT2D eigenvalue weighted by Gasteiger charge is 2.34. The van der Waals surface area contributed by atoms with E-state index in [9.17, 15) is 0 Å². The summed E-state index contributed by atoms with van der Waals surface area (Å²) in [6.07, 6.45) is 0.964. The Labute approximate surface area is 119 Å². The summed E-state index contributed by atoms with van der Waals surface area (Å²) < 4.78 is 0. The Kier molecular flexibility index (Phi) is 3.74. The number of hydrogen-bond acceptors (Lipinski definition) is 4. The van der Waals surface area contributed by atoms with Crippen molar-refractivity contribution in [2.45, 2.75) is 26.3 Å². The van der Waals surface area contributed by atoms with Crippen LogP contribution in [-0.2, 0) is 6.42 Å². The van der Waals surface area contributed by atoms with Crippen molar-refractivity contribution in [1.82, 2.24) is 19.8 Å². The second kappa shape index (κ2) is 5.35. The maximum Gasteiger partial charge on any atom is 0.148 e. The third-order valence-electron chi connectivity index (χ3n) is 3.96. The maximum atomic E-state index is 6.17.